The van der Waals surface area contributed by atoms with E-state index in [9.17, 15) is 9.59 Å². The first kappa shape index (κ1) is 19.5. The van der Waals surface area contributed by atoms with Gasteiger partial charge in [-0.05, 0) is 53.5 Å². The van der Waals surface area contributed by atoms with Crippen molar-refractivity contribution in [2.24, 2.45) is 4.99 Å². The number of halogens is 1. The predicted molar refractivity (Wildman–Crippen MR) is 110 cm³/mol. The number of methoxy groups -OCH3 is 1. The van der Waals surface area contributed by atoms with E-state index < -0.39 is 6.04 Å². The minimum atomic E-state index is -0.553. The number of fused-ring (bicyclic) bond motifs is 1. The van der Waals surface area contributed by atoms with Gasteiger partial charge < -0.3 is 9.30 Å². The molecule has 5 nitrogen and oxygen atoms in total. The van der Waals surface area contributed by atoms with Crippen molar-refractivity contribution in [2.75, 3.05) is 7.11 Å². The van der Waals surface area contributed by atoms with Crippen molar-refractivity contribution in [3.8, 4) is 0 Å². The molecule has 27 heavy (non-hydrogen) atoms. The number of nitrogens with zero attached hydrogens (tertiary/aromatic N) is 2. The van der Waals surface area contributed by atoms with Crippen LogP contribution in [0, 0.1) is 6.92 Å². The number of aryl methyl sites for hydroxylation is 1. The van der Waals surface area contributed by atoms with Crippen molar-refractivity contribution in [1.29, 1.82) is 0 Å². The highest BCUT2D eigenvalue weighted by Gasteiger charge is 2.24. The third kappa shape index (κ3) is 3.89. The fourth-order valence-corrected chi connectivity index (χ4v) is 4.52. The van der Waals surface area contributed by atoms with E-state index in [2.05, 4.69) is 20.9 Å². The molecule has 0 fully saturated rings. The van der Waals surface area contributed by atoms with Crippen LogP contribution in [0.3, 0.4) is 0 Å². The summed E-state index contributed by atoms with van der Waals surface area (Å²) in [5.74, 6) is -0.701. The first-order valence-corrected chi connectivity index (χ1v) is 10.1. The Morgan fingerprint density at radius 2 is 1.93 bits per heavy atom. The Bertz CT molecular complexity index is 1070. The second kappa shape index (κ2) is 8.19. The number of carbonyl (C=O) groups excluding carboxylic acids is 2. The lowest BCUT2D eigenvalue weighted by molar-refractivity contribution is -0.144. The lowest BCUT2D eigenvalue weighted by atomic mass is 10.1. The minimum absolute atomic E-state index is 0.342. The van der Waals surface area contributed by atoms with Crippen LogP contribution in [0.5, 0.6) is 0 Å². The van der Waals surface area contributed by atoms with E-state index in [0.717, 1.165) is 20.3 Å². The SMILES string of the molecule is CCC(C(=O)OC)n1/c(=N/C(=O)c2ccc(C)cc2)sc2c(Br)cccc21. The molecule has 1 unspecified atom stereocenters. The predicted octanol–water partition coefficient (Wildman–Crippen LogP) is 4.64. The molecular formula is C20H19BrN2O3S. The van der Waals surface area contributed by atoms with Gasteiger partial charge in [-0.2, -0.15) is 4.99 Å². The average Bonchev–Trinajstić information content (AvgIpc) is 3.02. The normalized spacial score (nSPS) is 13.0. The molecule has 2 aromatic carbocycles. The van der Waals surface area contributed by atoms with Gasteiger partial charge in [-0.25, -0.2) is 4.79 Å². The lowest BCUT2D eigenvalue weighted by Gasteiger charge is -2.15. The molecule has 1 heterocycles. The molecule has 3 rings (SSSR count). The number of ether oxygens (including phenoxy) is 1. The van der Waals surface area contributed by atoms with Crippen LogP contribution in [-0.4, -0.2) is 23.6 Å². The van der Waals surface area contributed by atoms with Crippen LogP contribution < -0.4 is 4.80 Å². The quantitative estimate of drug-likeness (QED) is 0.548. The standard InChI is InChI=1S/C20H19BrN2O3S/c1-4-15(19(25)26-3)23-16-7-5-6-14(21)17(16)27-20(23)22-18(24)13-10-8-12(2)9-11-13/h5-11,15H,4H2,1-3H3/b22-20-. The van der Waals surface area contributed by atoms with Crippen LogP contribution in [-0.2, 0) is 9.53 Å². The van der Waals surface area contributed by atoms with Gasteiger partial charge in [0, 0.05) is 10.0 Å². The highest BCUT2D eigenvalue weighted by Crippen LogP contribution is 2.29. The van der Waals surface area contributed by atoms with Crippen molar-refractivity contribution < 1.29 is 14.3 Å². The van der Waals surface area contributed by atoms with Crippen LogP contribution in [0.1, 0.15) is 35.3 Å². The number of benzene rings is 2. The fourth-order valence-electron chi connectivity index (χ4n) is 2.85. The van der Waals surface area contributed by atoms with Crippen LogP contribution in [0.15, 0.2) is 51.9 Å². The fraction of sp³-hybridized carbons (Fsp3) is 0.250. The molecule has 0 bridgehead atoms. The van der Waals surface area contributed by atoms with Gasteiger partial charge in [0.1, 0.15) is 6.04 Å². The molecule has 1 atom stereocenters. The van der Waals surface area contributed by atoms with Crippen molar-refractivity contribution in [3.63, 3.8) is 0 Å². The van der Waals surface area contributed by atoms with E-state index in [-0.39, 0.29) is 11.9 Å². The van der Waals surface area contributed by atoms with Gasteiger partial charge in [-0.3, -0.25) is 4.79 Å². The molecule has 7 heteroatoms. The summed E-state index contributed by atoms with van der Waals surface area (Å²) in [6, 6.07) is 12.4. The molecule has 1 aromatic heterocycles. The Morgan fingerprint density at radius 1 is 1.22 bits per heavy atom. The van der Waals surface area contributed by atoms with Crippen LogP contribution in [0.4, 0.5) is 0 Å². The Morgan fingerprint density at radius 3 is 2.56 bits per heavy atom. The maximum Gasteiger partial charge on any atom is 0.328 e. The van der Waals surface area contributed by atoms with Gasteiger partial charge in [-0.15, -0.1) is 0 Å². The number of hydrogen-bond donors (Lipinski definition) is 0. The van der Waals surface area contributed by atoms with Crippen molar-refractivity contribution >= 4 is 49.4 Å². The molecule has 0 saturated heterocycles. The molecule has 140 valence electrons. The monoisotopic (exact) mass is 446 g/mol. The summed E-state index contributed by atoms with van der Waals surface area (Å²) in [7, 11) is 1.37. The van der Waals surface area contributed by atoms with E-state index in [1.54, 1.807) is 16.7 Å². The number of esters is 1. The van der Waals surface area contributed by atoms with E-state index in [4.69, 9.17) is 4.74 Å². The van der Waals surface area contributed by atoms with Gasteiger partial charge in [0.15, 0.2) is 4.80 Å². The third-order valence-corrected chi connectivity index (χ3v) is 6.30. The third-order valence-electron chi connectivity index (χ3n) is 4.27. The molecule has 3 aromatic rings. The summed E-state index contributed by atoms with van der Waals surface area (Å²) < 4.78 is 8.58. The zero-order chi connectivity index (χ0) is 19.6. The van der Waals surface area contributed by atoms with E-state index in [1.807, 2.05) is 44.2 Å². The number of hydrogen-bond acceptors (Lipinski definition) is 4. The molecule has 0 saturated carbocycles. The second-order valence-corrected chi connectivity index (χ2v) is 7.90. The average molecular weight is 447 g/mol. The number of thiazole rings is 1. The van der Waals surface area contributed by atoms with Crippen LogP contribution >= 0.6 is 27.3 Å². The molecule has 0 spiro atoms. The smallest absolute Gasteiger partial charge is 0.328 e. The van der Waals surface area contributed by atoms with Gasteiger partial charge in [0.05, 0.1) is 17.3 Å². The summed E-state index contributed by atoms with van der Waals surface area (Å²) in [4.78, 5) is 29.8. The first-order valence-electron chi connectivity index (χ1n) is 8.49. The maximum absolute atomic E-state index is 12.7. The summed E-state index contributed by atoms with van der Waals surface area (Å²) in [6.45, 7) is 3.87. The largest absolute Gasteiger partial charge is 0.467 e. The molecule has 0 aliphatic carbocycles. The Labute approximate surface area is 169 Å². The molecule has 0 aliphatic heterocycles. The molecule has 0 N–H and O–H groups in total. The summed E-state index contributed by atoms with van der Waals surface area (Å²) in [5, 5.41) is 0. The number of rotatable bonds is 4. The van der Waals surface area contributed by atoms with Crippen LogP contribution in [0.2, 0.25) is 0 Å². The highest BCUT2D eigenvalue weighted by molar-refractivity contribution is 9.10. The van der Waals surface area contributed by atoms with Crippen molar-refractivity contribution in [3.05, 3.63) is 62.9 Å². The van der Waals surface area contributed by atoms with Gasteiger partial charge in [0.2, 0.25) is 0 Å². The van der Waals surface area contributed by atoms with E-state index in [1.165, 1.54) is 18.4 Å². The number of aromatic nitrogens is 1. The molecular weight excluding hydrogens is 428 g/mol. The van der Waals surface area contributed by atoms with Gasteiger partial charge in [-0.1, -0.05) is 42.0 Å². The highest BCUT2D eigenvalue weighted by atomic mass is 79.9. The minimum Gasteiger partial charge on any atom is -0.467 e. The summed E-state index contributed by atoms with van der Waals surface area (Å²) in [5.41, 5.74) is 2.42. The Kier molecular flexibility index (Phi) is 5.92. The van der Waals surface area contributed by atoms with Gasteiger partial charge in [0.25, 0.3) is 5.91 Å². The Balaban J connectivity index is 2.23. The maximum atomic E-state index is 12.7. The first-order chi connectivity index (χ1) is 13.0. The topological polar surface area (TPSA) is 60.7 Å². The number of carbonyl (C=O) groups is 2. The molecule has 0 radical (unpaired) electrons. The summed E-state index contributed by atoms with van der Waals surface area (Å²) in [6.07, 6.45) is 0.525. The second-order valence-electron chi connectivity index (χ2n) is 6.07. The molecule has 0 aliphatic rings. The summed E-state index contributed by atoms with van der Waals surface area (Å²) >= 11 is 4.91. The van der Waals surface area contributed by atoms with E-state index >= 15 is 0 Å². The van der Waals surface area contributed by atoms with Gasteiger partial charge >= 0.3 is 5.97 Å². The van der Waals surface area contributed by atoms with Crippen LogP contribution in [0.25, 0.3) is 10.2 Å². The Hall–Kier alpha value is -2.25. The molecule has 1 amide bonds. The van der Waals surface area contributed by atoms with Crippen molar-refractivity contribution in [1.82, 2.24) is 4.57 Å². The lowest BCUT2D eigenvalue weighted by Crippen LogP contribution is -2.28. The van der Waals surface area contributed by atoms with E-state index in [0.29, 0.717) is 16.8 Å². The van der Waals surface area contributed by atoms with Crippen molar-refractivity contribution in [2.45, 2.75) is 26.3 Å². The zero-order valence-electron chi connectivity index (χ0n) is 15.2. The number of amides is 1. The zero-order valence-corrected chi connectivity index (χ0v) is 17.6.